The third-order valence-electron chi connectivity index (χ3n) is 5.18. The van der Waals surface area contributed by atoms with Gasteiger partial charge in [0.1, 0.15) is 5.75 Å². The Morgan fingerprint density at radius 3 is 2.70 bits per heavy atom. The average molecular weight is 367 g/mol. The number of carbonyl (C=O) groups excluding carboxylic acids is 1. The monoisotopic (exact) mass is 367 g/mol. The van der Waals surface area contributed by atoms with E-state index >= 15 is 0 Å². The predicted octanol–water partition coefficient (Wildman–Crippen LogP) is 3.20. The van der Waals surface area contributed by atoms with Gasteiger partial charge in [-0.2, -0.15) is 0 Å². The van der Waals surface area contributed by atoms with Crippen molar-refractivity contribution in [3.63, 3.8) is 0 Å². The second-order valence-corrected chi connectivity index (χ2v) is 7.28. The molecule has 144 valence electrons. The summed E-state index contributed by atoms with van der Waals surface area (Å²) in [7, 11) is 1.68. The van der Waals surface area contributed by atoms with Crippen LogP contribution in [-0.2, 0) is 6.42 Å². The van der Waals surface area contributed by atoms with Gasteiger partial charge in [-0.1, -0.05) is 42.5 Å². The first-order valence-corrected chi connectivity index (χ1v) is 9.62. The first kappa shape index (κ1) is 19.2. The van der Waals surface area contributed by atoms with Crippen LogP contribution in [0.3, 0.4) is 0 Å². The molecule has 0 bridgehead atoms. The second-order valence-electron chi connectivity index (χ2n) is 7.28. The van der Waals surface area contributed by atoms with Crippen LogP contribution in [0.4, 0.5) is 4.79 Å². The minimum Gasteiger partial charge on any atom is -0.497 e. The Bertz CT molecular complexity index is 729. The molecule has 0 aromatic heterocycles. The maximum absolute atomic E-state index is 12.0. The summed E-state index contributed by atoms with van der Waals surface area (Å²) in [6.45, 7) is 0.589. The fourth-order valence-corrected chi connectivity index (χ4v) is 3.53. The summed E-state index contributed by atoms with van der Waals surface area (Å²) in [5.74, 6) is 1.37. The molecule has 1 aliphatic carbocycles. The van der Waals surface area contributed by atoms with Gasteiger partial charge in [0.25, 0.3) is 0 Å². The number of nitrogens with one attached hydrogen (secondary N) is 2. The number of urea groups is 1. The van der Waals surface area contributed by atoms with E-state index < -0.39 is 0 Å². The van der Waals surface area contributed by atoms with Crippen LogP contribution >= 0.6 is 0 Å². The number of hydrogen-bond donors (Lipinski definition) is 3. The Kier molecular flexibility index (Phi) is 6.71. The van der Waals surface area contributed by atoms with Crippen molar-refractivity contribution >= 4 is 6.03 Å². The van der Waals surface area contributed by atoms with Crippen LogP contribution in [0, 0.1) is 0 Å². The number of nitrogens with two attached hydrogens (primary N) is 1. The van der Waals surface area contributed by atoms with Crippen LogP contribution < -0.4 is 21.1 Å². The van der Waals surface area contributed by atoms with Crippen molar-refractivity contribution in [1.82, 2.24) is 10.6 Å². The third kappa shape index (κ3) is 5.73. The van der Waals surface area contributed by atoms with Crippen LogP contribution in [0.1, 0.15) is 36.3 Å². The molecular formula is C22H29N3O2. The van der Waals surface area contributed by atoms with E-state index in [0.29, 0.717) is 12.5 Å². The molecule has 3 rings (SSSR count). The number of hydrogen-bond acceptors (Lipinski definition) is 3. The number of carbonyl (C=O) groups is 1. The van der Waals surface area contributed by atoms with Gasteiger partial charge >= 0.3 is 6.03 Å². The number of rotatable bonds is 8. The lowest BCUT2D eigenvalue weighted by atomic mass is 9.76. The van der Waals surface area contributed by atoms with Crippen molar-refractivity contribution in [1.29, 1.82) is 0 Å². The fraction of sp³-hybridized carbons (Fsp3) is 0.409. The molecule has 5 nitrogen and oxygen atoms in total. The molecule has 2 amide bonds. The van der Waals surface area contributed by atoms with Crippen molar-refractivity contribution in [3.8, 4) is 5.75 Å². The standard InChI is InChI=1S/C22H29N3O2/c1-27-21-9-5-8-17(15-21)18-13-20(14-18)25-22(26)24-11-10-19(23)12-16-6-3-2-4-7-16/h2-9,15,18-20H,10-14,23H2,1H3,(H2,24,25,26). The first-order chi connectivity index (χ1) is 13.1. The molecule has 0 spiro atoms. The van der Waals surface area contributed by atoms with Crippen LogP contribution in [0.25, 0.3) is 0 Å². The Hall–Kier alpha value is -2.53. The molecule has 0 heterocycles. The van der Waals surface area contributed by atoms with E-state index in [-0.39, 0.29) is 18.1 Å². The molecule has 0 aliphatic heterocycles. The minimum absolute atomic E-state index is 0.0499. The Labute approximate surface area is 161 Å². The van der Waals surface area contributed by atoms with Crippen molar-refractivity contribution in [2.24, 2.45) is 5.73 Å². The molecule has 1 saturated carbocycles. The normalized spacial score (nSPS) is 19.6. The Morgan fingerprint density at radius 2 is 1.96 bits per heavy atom. The third-order valence-corrected chi connectivity index (χ3v) is 5.18. The molecule has 1 unspecified atom stereocenters. The van der Waals surface area contributed by atoms with E-state index in [1.165, 1.54) is 11.1 Å². The second kappa shape index (κ2) is 9.42. The van der Waals surface area contributed by atoms with Gasteiger partial charge < -0.3 is 21.1 Å². The van der Waals surface area contributed by atoms with E-state index in [1.54, 1.807) is 7.11 Å². The summed E-state index contributed by atoms with van der Waals surface area (Å²) in [5.41, 5.74) is 8.66. The molecule has 0 radical (unpaired) electrons. The summed E-state index contributed by atoms with van der Waals surface area (Å²) in [4.78, 5) is 12.0. The van der Waals surface area contributed by atoms with Crippen molar-refractivity contribution in [3.05, 3.63) is 65.7 Å². The molecule has 2 aromatic carbocycles. The molecule has 1 aliphatic rings. The van der Waals surface area contributed by atoms with Crippen molar-refractivity contribution in [2.45, 2.75) is 43.7 Å². The van der Waals surface area contributed by atoms with Gasteiger partial charge in [0.05, 0.1) is 7.11 Å². The summed E-state index contributed by atoms with van der Waals surface area (Å²) in [6.07, 6.45) is 3.52. The van der Waals surface area contributed by atoms with E-state index in [4.69, 9.17) is 10.5 Å². The summed E-state index contributed by atoms with van der Waals surface area (Å²) in [5, 5.41) is 5.97. The highest BCUT2D eigenvalue weighted by molar-refractivity contribution is 5.74. The smallest absolute Gasteiger partial charge is 0.315 e. The molecule has 1 fully saturated rings. The van der Waals surface area contributed by atoms with Crippen molar-refractivity contribution < 1.29 is 9.53 Å². The SMILES string of the molecule is COc1cccc(C2CC(NC(=O)NCCC(N)Cc3ccccc3)C2)c1. The van der Waals surface area contributed by atoms with Gasteiger partial charge in [0.15, 0.2) is 0 Å². The predicted molar refractivity (Wildman–Crippen MR) is 108 cm³/mol. The number of benzene rings is 2. The Morgan fingerprint density at radius 1 is 1.19 bits per heavy atom. The largest absolute Gasteiger partial charge is 0.497 e. The summed E-state index contributed by atoms with van der Waals surface area (Å²) < 4.78 is 5.28. The van der Waals surface area contributed by atoms with E-state index in [9.17, 15) is 4.79 Å². The molecule has 4 N–H and O–H groups in total. The molecular weight excluding hydrogens is 338 g/mol. The topological polar surface area (TPSA) is 76.4 Å². The highest BCUT2D eigenvalue weighted by Gasteiger charge is 2.31. The van der Waals surface area contributed by atoms with Gasteiger partial charge in [0.2, 0.25) is 0 Å². The lowest BCUT2D eigenvalue weighted by Gasteiger charge is -2.36. The van der Waals surface area contributed by atoms with E-state index in [2.05, 4.69) is 34.9 Å². The number of methoxy groups -OCH3 is 1. The lowest BCUT2D eigenvalue weighted by Crippen LogP contribution is -2.48. The van der Waals surface area contributed by atoms with Gasteiger partial charge in [-0.3, -0.25) is 0 Å². The lowest BCUT2D eigenvalue weighted by molar-refractivity contribution is 0.222. The maximum atomic E-state index is 12.0. The number of ether oxygens (including phenoxy) is 1. The zero-order chi connectivity index (χ0) is 19.1. The minimum atomic E-state index is -0.101. The molecule has 1 atom stereocenters. The molecule has 2 aromatic rings. The van der Waals surface area contributed by atoms with E-state index in [0.717, 1.165) is 31.4 Å². The van der Waals surface area contributed by atoms with Crippen LogP contribution in [0.2, 0.25) is 0 Å². The number of amides is 2. The van der Waals surface area contributed by atoms with Crippen molar-refractivity contribution in [2.75, 3.05) is 13.7 Å². The first-order valence-electron chi connectivity index (χ1n) is 9.62. The average Bonchev–Trinajstić information content (AvgIpc) is 2.65. The quantitative estimate of drug-likeness (QED) is 0.671. The fourth-order valence-electron chi connectivity index (χ4n) is 3.53. The Balaban J connectivity index is 1.31. The molecule has 5 heteroatoms. The van der Waals surface area contributed by atoms with Crippen LogP contribution in [0.15, 0.2) is 54.6 Å². The van der Waals surface area contributed by atoms with Crippen LogP contribution in [-0.4, -0.2) is 31.8 Å². The van der Waals surface area contributed by atoms with Gasteiger partial charge in [-0.05, 0) is 54.9 Å². The zero-order valence-electron chi connectivity index (χ0n) is 15.9. The molecule has 27 heavy (non-hydrogen) atoms. The van der Waals surface area contributed by atoms with Gasteiger partial charge in [0, 0.05) is 18.6 Å². The van der Waals surface area contributed by atoms with Gasteiger partial charge in [-0.15, -0.1) is 0 Å². The highest BCUT2D eigenvalue weighted by atomic mass is 16.5. The maximum Gasteiger partial charge on any atom is 0.315 e. The summed E-state index contributed by atoms with van der Waals surface area (Å²) >= 11 is 0. The summed E-state index contributed by atoms with van der Waals surface area (Å²) in [6, 6.07) is 18.5. The van der Waals surface area contributed by atoms with Gasteiger partial charge in [-0.25, -0.2) is 4.79 Å². The highest BCUT2D eigenvalue weighted by Crippen LogP contribution is 2.37. The molecule has 0 saturated heterocycles. The van der Waals surface area contributed by atoms with E-state index in [1.807, 2.05) is 30.3 Å². The zero-order valence-corrected chi connectivity index (χ0v) is 15.9. The van der Waals surface area contributed by atoms with Crippen LogP contribution in [0.5, 0.6) is 5.75 Å².